The molecule has 1 aliphatic rings. The largest absolute Gasteiger partial charge is 0.372 e. The van der Waals surface area contributed by atoms with Gasteiger partial charge in [-0.3, -0.25) is 19.7 Å². The maximum atomic E-state index is 13.2. The number of nitro groups is 1. The van der Waals surface area contributed by atoms with Gasteiger partial charge in [0.1, 0.15) is 5.69 Å². The lowest BCUT2D eigenvalue weighted by molar-refractivity contribution is -0.384. The van der Waals surface area contributed by atoms with Crippen molar-refractivity contribution in [3.8, 4) is 0 Å². The molecular weight excluding hydrogens is 386 g/mol. The number of ether oxygens (including phenoxy) is 1. The minimum absolute atomic E-state index is 0.0956. The summed E-state index contributed by atoms with van der Waals surface area (Å²) >= 11 is 0. The van der Waals surface area contributed by atoms with Gasteiger partial charge >= 0.3 is 0 Å². The van der Waals surface area contributed by atoms with E-state index >= 15 is 0 Å². The molecule has 0 aromatic heterocycles. The lowest BCUT2D eigenvalue weighted by Crippen LogP contribution is -2.48. The molecule has 2 aromatic rings. The number of hydrogen-bond donors (Lipinski definition) is 0. The zero-order chi connectivity index (χ0) is 22.0. The monoisotopic (exact) mass is 411 g/mol. The highest BCUT2D eigenvalue weighted by Crippen LogP contribution is 2.29. The average molecular weight is 411 g/mol. The van der Waals surface area contributed by atoms with Gasteiger partial charge in [0.25, 0.3) is 11.6 Å². The van der Waals surface area contributed by atoms with E-state index in [1.54, 1.807) is 60.3 Å². The molecule has 1 saturated heterocycles. The maximum absolute atomic E-state index is 13.2. The van der Waals surface area contributed by atoms with Crippen LogP contribution in [0.2, 0.25) is 0 Å². The second-order valence-electron chi connectivity index (χ2n) is 7.70. The van der Waals surface area contributed by atoms with Gasteiger partial charge in [0.15, 0.2) is 5.78 Å². The Morgan fingerprint density at radius 3 is 2.23 bits per heavy atom. The average Bonchev–Trinajstić information content (AvgIpc) is 2.71. The van der Waals surface area contributed by atoms with Gasteiger partial charge in [0, 0.05) is 44.4 Å². The van der Waals surface area contributed by atoms with Crippen molar-refractivity contribution in [2.24, 2.45) is 0 Å². The second kappa shape index (κ2) is 8.62. The number of carbonyl (C=O) groups excluding carboxylic acids is 2. The van der Waals surface area contributed by atoms with Crippen molar-refractivity contribution < 1.29 is 19.2 Å². The van der Waals surface area contributed by atoms with E-state index in [0.29, 0.717) is 18.8 Å². The van der Waals surface area contributed by atoms with E-state index < -0.39 is 10.7 Å². The Balaban J connectivity index is 1.98. The molecule has 3 rings (SSSR count). The number of carbonyl (C=O) groups is 2. The van der Waals surface area contributed by atoms with Crippen LogP contribution in [0.25, 0.3) is 0 Å². The van der Waals surface area contributed by atoms with Crippen LogP contribution in [0.1, 0.15) is 40.1 Å². The summed E-state index contributed by atoms with van der Waals surface area (Å²) in [6.07, 6.45) is -0.191. The van der Waals surface area contributed by atoms with Crippen molar-refractivity contribution in [1.29, 1.82) is 0 Å². The van der Waals surface area contributed by atoms with Crippen molar-refractivity contribution in [2.75, 3.05) is 32.1 Å². The SMILES string of the molecule is C[C@@H]1CN(C(=O)c2ccccc2C(=O)c2ccc(N(C)C)c([N+](=O)[O-])c2)C[C@@H](C)O1. The number of morpholine rings is 1. The first kappa shape index (κ1) is 21.4. The molecule has 0 radical (unpaired) electrons. The van der Waals surface area contributed by atoms with Gasteiger partial charge in [0.05, 0.1) is 22.7 Å². The Hall–Kier alpha value is -3.26. The lowest BCUT2D eigenvalue weighted by atomic mass is 9.96. The number of anilines is 1. The van der Waals surface area contributed by atoms with Crippen LogP contribution < -0.4 is 4.90 Å². The molecule has 0 spiro atoms. The van der Waals surface area contributed by atoms with Gasteiger partial charge in [-0.25, -0.2) is 0 Å². The van der Waals surface area contributed by atoms with Crippen molar-refractivity contribution in [2.45, 2.75) is 26.1 Å². The Kier molecular flexibility index (Phi) is 6.17. The molecule has 1 fully saturated rings. The molecule has 2 atom stereocenters. The quantitative estimate of drug-likeness (QED) is 0.426. The third-order valence-corrected chi connectivity index (χ3v) is 5.03. The van der Waals surface area contributed by atoms with Crippen molar-refractivity contribution in [1.82, 2.24) is 4.90 Å². The smallest absolute Gasteiger partial charge is 0.293 e. The van der Waals surface area contributed by atoms with Gasteiger partial charge in [-0.15, -0.1) is 0 Å². The number of ketones is 1. The molecule has 158 valence electrons. The van der Waals surface area contributed by atoms with E-state index in [1.165, 1.54) is 6.07 Å². The molecule has 8 heteroatoms. The van der Waals surface area contributed by atoms with Crippen molar-refractivity contribution in [3.63, 3.8) is 0 Å². The maximum Gasteiger partial charge on any atom is 0.293 e. The Labute approximate surface area is 175 Å². The highest BCUT2D eigenvalue weighted by molar-refractivity contribution is 6.15. The molecule has 0 bridgehead atoms. The summed E-state index contributed by atoms with van der Waals surface area (Å²) in [4.78, 5) is 40.6. The van der Waals surface area contributed by atoms with Crippen LogP contribution in [0.15, 0.2) is 42.5 Å². The van der Waals surface area contributed by atoms with Gasteiger partial charge in [-0.2, -0.15) is 0 Å². The fourth-order valence-corrected chi connectivity index (χ4v) is 3.73. The number of nitro benzene ring substituents is 1. The Bertz CT molecular complexity index is 978. The normalized spacial score (nSPS) is 18.7. The molecule has 0 N–H and O–H groups in total. The standard InChI is InChI=1S/C22H25N3O5/c1-14-12-24(13-15(2)30-14)22(27)18-8-6-5-7-17(18)21(26)16-9-10-19(23(3)4)20(11-16)25(28)29/h5-11,14-15H,12-13H2,1-4H3/t14-,15-/m1/s1. The summed E-state index contributed by atoms with van der Waals surface area (Å²) in [5, 5.41) is 11.5. The van der Waals surface area contributed by atoms with Crippen LogP contribution in [0.3, 0.4) is 0 Å². The van der Waals surface area contributed by atoms with Crippen molar-refractivity contribution >= 4 is 23.1 Å². The summed E-state index contributed by atoms with van der Waals surface area (Å²) < 4.78 is 5.69. The topological polar surface area (TPSA) is 93.0 Å². The first-order valence-electron chi connectivity index (χ1n) is 9.73. The number of benzene rings is 2. The minimum Gasteiger partial charge on any atom is -0.372 e. The van der Waals surface area contributed by atoms with Gasteiger partial charge in [0.2, 0.25) is 0 Å². The van der Waals surface area contributed by atoms with E-state index in [9.17, 15) is 19.7 Å². The summed E-state index contributed by atoms with van der Waals surface area (Å²) in [7, 11) is 3.39. The summed E-state index contributed by atoms with van der Waals surface area (Å²) in [5.41, 5.74) is 0.906. The van der Waals surface area contributed by atoms with Gasteiger partial charge in [-0.05, 0) is 32.0 Å². The predicted octanol–water partition coefficient (Wildman–Crippen LogP) is 3.14. The number of nitrogens with zero attached hydrogens (tertiary/aromatic N) is 3. The van der Waals surface area contributed by atoms with Crippen LogP contribution in [0, 0.1) is 10.1 Å². The fraction of sp³-hybridized carbons (Fsp3) is 0.364. The van der Waals surface area contributed by atoms with E-state index in [0.717, 1.165) is 0 Å². The lowest BCUT2D eigenvalue weighted by Gasteiger charge is -2.35. The number of amides is 1. The van der Waals surface area contributed by atoms with Crippen LogP contribution in [0.4, 0.5) is 11.4 Å². The minimum atomic E-state index is -0.514. The molecule has 1 heterocycles. The molecule has 1 amide bonds. The second-order valence-corrected chi connectivity index (χ2v) is 7.70. The van der Waals surface area contributed by atoms with Crippen LogP contribution >= 0.6 is 0 Å². The van der Waals surface area contributed by atoms with Crippen molar-refractivity contribution in [3.05, 3.63) is 69.3 Å². The molecule has 1 aliphatic heterocycles. The predicted molar refractivity (Wildman–Crippen MR) is 113 cm³/mol. The van der Waals surface area contributed by atoms with E-state index in [1.807, 2.05) is 13.8 Å². The van der Waals surface area contributed by atoms with Crippen LogP contribution in [-0.4, -0.2) is 60.9 Å². The summed E-state index contributed by atoms with van der Waals surface area (Å²) in [6, 6.07) is 10.9. The third-order valence-electron chi connectivity index (χ3n) is 5.03. The number of rotatable bonds is 5. The van der Waals surface area contributed by atoms with E-state index in [2.05, 4.69) is 0 Å². The first-order chi connectivity index (χ1) is 14.2. The molecule has 0 unspecified atom stereocenters. The van der Waals surface area contributed by atoms with Crippen LogP contribution in [0.5, 0.6) is 0 Å². The molecule has 0 saturated carbocycles. The summed E-state index contributed by atoms with van der Waals surface area (Å²) in [6.45, 7) is 4.68. The first-order valence-corrected chi connectivity index (χ1v) is 9.73. The Morgan fingerprint density at radius 1 is 1.07 bits per heavy atom. The van der Waals surface area contributed by atoms with Gasteiger partial charge < -0.3 is 14.5 Å². The van der Waals surface area contributed by atoms with Crippen LogP contribution in [-0.2, 0) is 4.74 Å². The molecule has 0 aliphatic carbocycles. The van der Waals surface area contributed by atoms with E-state index in [-0.39, 0.29) is 40.5 Å². The third kappa shape index (κ3) is 4.33. The molecular formula is C22H25N3O5. The zero-order valence-corrected chi connectivity index (χ0v) is 17.5. The Morgan fingerprint density at radius 2 is 1.67 bits per heavy atom. The van der Waals surface area contributed by atoms with E-state index in [4.69, 9.17) is 4.74 Å². The highest BCUT2D eigenvalue weighted by atomic mass is 16.6. The zero-order valence-electron chi connectivity index (χ0n) is 17.5. The fourth-order valence-electron chi connectivity index (χ4n) is 3.73. The molecule has 30 heavy (non-hydrogen) atoms. The highest BCUT2D eigenvalue weighted by Gasteiger charge is 2.29. The van der Waals surface area contributed by atoms with Gasteiger partial charge in [-0.1, -0.05) is 18.2 Å². The molecule has 2 aromatic carbocycles. The summed E-state index contributed by atoms with van der Waals surface area (Å²) in [5.74, 6) is -0.679. The number of hydrogen-bond acceptors (Lipinski definition) is 6. The molecule has 8 nitrogen and oxygen atoms in total.